The van der Waals surface area contributed by atoms with Crippen molar-refractivity contribution in [1.29, 1.82) is 0 Å². The summed E-state index contributed by atoms with van der Waals surface area (Å²) in [6.45, 7) is 0.0710. The van der Waals surface area contributed by atoms with Gasteiger partial charge in [0.15, 0.2) is 0 Å². The maximum atomic E-state index is 12.0. The summed E-state index contributed by atoms with van der Waals surface area (Å²) in [5, 5.41) is 0. The lowest BCUT2D eigenvalue weighted by molar-refractivity contribution is 0.0575. The summed E-state index contributed by atoms with van der Waals surface area (Å²) in [4.78, 5) is 25.0. The maximum Gasteiger partial charge on any atom is 0.261 e. The Hall–Kier alpha value is -1.44. The lowest BCUT2D eigenvalue weighted by Crippen LogP contribution is -2.33. The van der Waals surface area contributed by atoms with Crippen LogP contribution >= 0.6 is 10.7 Å². The fraction of sp³-hybridized carbons (Fsp3) is 0.333. The number of nitrogens with zero attached hydrogens (tertiary/aromatic N) is 1. The van der Waals surface area contributed by atoms with E-state index in [9.17, 15) is 18.0 Å². The van der Waals surface area contributed by atoms with Gasteiger partial charge in [-0.05, 0) is 12.1 Å². The van der Waals surface area contributed by atoms with Crippen LogP contribution in [0.4, 0.5) is 0 Å². The van der Waals surface area contributed by atoms with E-state index in [-0.39, 0.29) is 37.3 Å². The Kier molecular flexibility index (Phi) is 4.42. The first-order valence-corrected chi connectivity index (χ1v) is 8.33. The minimum atomic E-state index is -3.59. The van der Waals surface area contributed by atoms with E-state index in [0.717, 1.165) is 4.90 Å². The van der Waals surface area contributed by atoms with Crippen molar-refractivity contribution >= 4 is 31.5 Å². The highest BCUT2D eigenvalue weighted by atomic mass is 35.7. The molecule has 2 amide bonds. The number of benzene rings is 1. The van der Waals surface area contributed by atoms with Gasteiger partial charge in [0, 0.05) is 10.7 Å². The molecule has 0 fully saturated rings. The Labute approximate surface area is 120 Å². The Morgan fingerprint density at radius 1 is 1.05 bits per heavy atom. The number of imide groups is 1. The predicted octanol–water partition coefficient (Wildman–Crippen LogP) is 0.868. The van der Waals surface area contributed by atoms with Gasteiger partial charge in [-0.1, -0.05) is 12.1 Å². The van der Waals surface area contributed by atoms with Gasteiger partial charge in [-0.3, -0.25) is 14.5 Å². The summed E-state index contributed by atoms with van der Waals surface area (Å²) in [6.07, 6.45) is 0. The molecule has 0 aliphatic carbocycles. The lowest BCUT2D eigenvalue weighted by Gasteiger charge is -2.13. The van der Waals surface area contributed by atoms with Gasteiger partial charge in [0.25, 0.3) is 11.8 Å². The van der Waals surface area contributed by atoms with E-state index in [4.69, 9.17) is 15.4 Å². The molecule has 0 atom stereocenters. The van der Waals surface area contributed by atoms with E-state index in [2.05, 4.69) is 0 Å². The highest BCUT2D eigenvalue weighted by molar-refractivity contribution is 8.13. The third-order valence-corrected chi connectivity index (χ3v) is 3.93. The summed E-state index contributed by atoms with van der Waals surface area (Å²) in [5.41, 5.74) is 0.752. The van der Waals surface area contributed by atoms with Crippen LogP contribution in [0.25, 0.3) is 0 Å². The summed E-state index contributed by atoms with van der Waals surface area (Å²) in [7, 11) is 1.43. The van der Waals surface area contributed by atoms with Crippen LogP contribution in [0.2, 0.25) is 0 Å². The second-order valence-electron chi connectivity index (χ2n) is 4.16. The van der Waals surface area contributed by atoms with E-state index in [0.29, 0.717) is 11.1 Å². The monoisotopic (exact) mass is 317 g/mol. The molecule has 0 N–H and O–H groups in total. The van der Waals surface area contributed by atoms with Crippen molar-refractivity contribution < 1.29 is 22.7 Å². The second-order valence-corrected chi connectivity index (χ2v) is 7.06. The number of ether oxygens (including phenoxy) is 1. The van der Waals surface area contributed by atoms with Gasteiger partial charge in [-0.2, -0.15) is 0 Å². The predicted molar refractivity (Wildman–Crippen MR) is 72.3 cm³/mol. The van der Waals surface area contributed by atoms with E-state index in [1.165, 1.54) is 0 Å². The zero-order valence-electron chi connectivity index (χ0n) is 10.4. The number of hydrogen-bond acceptors (Lipinski definition) is 5. The lowest BCUT2D eigenvalue weighted by atomic mass is 10.1. The van der Waals surface area contributed by atoms with Crippen LogP contribution in [-0.2, 0) is 13.8 Å². The van der Waals surface area contributed by atoms with Gasteiger partial charge < -0.3 is 4.74 Å². The minimum absolute atomic E-state index is 0.0673. The molecule has 0 radical (unpaired) electrons. The second kappa shape index (κ2) is 5.90. The standard InChI is InChI=1S/C12H12ClNO5S/c13-20(17,18)8-7-19-6-5-14-11(15)9-3-1-2-4-10(9)12(14)16/h1-4H,5-8H2. The van der Waals surface area contributed by atoms with Crippen LogP contribution < -0.4 is 0 Å². The van der Waals surface area contributed by atoms with Gasteiger partial charge in [-0.25, -0.2) is 8.42 Å². The van der Waals surface area contributed by atoms with Gasteiger partial charge >= 0.3 is 0 Å². The first-order valence-electron chi connectivity index (χ1n) is 5.85. The van der Waals surface area contributed by atoms with Gasteiger partial charge in [0.05, 0.1) is 36.6 Å². The molecule has 0 unspecified atom stereocenters. The first-order chi connectivity index (χ1) is 9.40. The highest BCUT2D eigenvalue weighted by Gasteiger charge is 2.34. The first kappa shape index (κ1) is 15.0. The van der Waals surface area contributed by atoms with E-state index >= 15 is 0 Å². The molecule has 0 saturated carbocycles. The molecule has 108 valence electrons. The molecule has 1 aliphatic rings. The van der Waals surface area contributed by atoms with Crippen LogP contribution in [0.5, 0.6) is 0 Å². The van der Waals surface area contributed by atoms with Gasteiger partial charge in [0.2, 0.25) is 9.05 Å². The topological polar surface area (TPSA) is 80.8 Å². The average Bonchev–Trinajstić information content (AvgIpc) is 2.62. The molecular formula is C12H12ClNO5S. The molecule has 1 aromatic carbocycles. The van der Waals surface area contributed by atoms with Crippen LogP contribution in [0.3, 0.4) is 0 Å². The van der Waals surface area contributed by atoms with E-state index < -0.39 is 9.05 Å². The Balaban J connectivity index is 1.87. The highest BCUT2D eigenvalue weighted by Crippen LogP contribution is 2.21. The fourth-order valence-corrected chi connectivity index (χ4v) is 2.36. The molecule has 20 heavy (non-hydrogen) atoms. The maximum absolute atomic E-state index is 12.0. The number of halogens is 1. The Morgan fingerprint density at radius 2 is 1.60 bits per heavy atom. The summed E-state index contributed by atoms with van der Waals surface area (Å²) < 4.78 is 26.4. The zero-order chi connectivity index (χ0) is 14.8. The van der Waals surface area contributed by atoms with E-state index in [1.807, 2.05) is 0 Å². The minimum Gasteiger partial charge on any atom is -0.378 e. The Bertz CT molecular complexity index is 608. The van der Waals surface area contributed by atoms with Crippen LogP contribution in [0.15, 0.2) is 24.3 Å². The summed E-state index contributed by atoms with van der Waals surface area (Å²) in [5.74, 6) is -1.03. The molecule has 6 nitrogen and oxygen atoms in total. The average molecular weight is 318 g/mol. The van der Waals surface area contributed by atoms with Crippen molar-refractivity contribution in [3.8, 4) is 0 Å². The van der Waals surface area contributed by atoms with Crippen molar-refractivity contribution in [3.63, 3.8) is 0 Å². The third-order valence-electron chi connectivity index (χ3n) is 2.81. The molecule has 8 heteroatoms. The van der Waals surface area contributed by atoms with Crippen LogP contribution in [0.1, 0.15) is 20.7 Å². The van der Waals surface area contributed by atoms with Gasteiger partial charge in [0.1, 0.15) is 0 Å². The number of fused-ring (bicyclic) bond motifs is 1. The van der Waals surface area contributed by atoms with Crippen molar-refractivity contribution in [2.75, 3.05) is 25.5 Å². The van der Waals surface area contributed by atoms with Crippen LogP contribution in [0, 0.1) is 0 Å². The quantitative estimate of drug-likeness (QED) is 0.442. The summed E-state index contributed by atoms with van der Waals surface area (Å²) >= 11 is 0. The number of rotatable bonds is 6. The molecule has 1 aliphatic heterocycles. The zero-order valence-corrected chi connectivity index (χ0v) is 12.0. The SMILES string of the molecule is O=C1c2ccccc2C(=O)N1CCOCCS(=O)(=O)Cl. The normalized spacial score (nSPS) is 14.8. The largest absolute Gasteiger partial charge is 0.378 e. The molecular weight excluding hydrogens is 306 g/mol. The molecule has 0 bridgehead atoms. The molecule has 2 rings (SSSR count). The number of hydrogen-bond donors (Lipinski definition) is 0. The molecule has 1 heterocycles. The smallest absolute Gasteiger partial charge is 0.261 e. The third kappa shape index (κ3) is 3.36. The summed E-state index contributed by atoms with van der Waals surface area (Å²) in [6, 6.07) is 6.57. The van der Waals surface area contributed by atoms with Crippen molar-refractivity contribution in [2.45, 2.75) is 0 Å². The Morgan fingerprint density at radius 3 is 2.10 bits per heavy atom. The number of carbonyl (C=O) groups excluding carboxylic acids is 2. The van der Waals surface area contributed by atoms with Crippen molar-refractivity contribution in [2.24, 2.45) is 0 Å². The molecule has 0 saturated heterocycles. The molecule has 1 aromatic rings. The molecule has 0 aromatic heterocycles. The number of amides is 2. The number of carbonyl (C=O) groups is 2. The van der Waals surface area contributed by atoms with Gasteiger partial charge in [-0.15, -0.1) is 0 Å². The van der Waals surface area contributed by atoms with Crippen molar-refractivity contribution in [1.82, 2.24) is 4.90 Å². The van der Waals surface area contributed by atoms with Crippen molar-refractivity contribution in [3.05, 3.63) is 35.4 Å². The fourth-order valence-electron chi connectivity index (χ4n) is 1.86. The van der Waals surface area contributed by atoms with E-state index in [1.54, 1.807) is 24.3 Å². The van der Waals surface area contributed by atoms with Crippen LogP contribution in [-0.4, -0.2) is 50.6 Å². The molecule has 0 spiro atoms.